The van der Waals surface area contributed by atoms with Gasteiger partial charge in [0.05, 0.1) is 0 Å². The normalized spacial score (nSPS) is 10.7. The Hall–Kier alpha value is -1.62. The highest BCUT2D eigenvalue weighted by Gasteiger charge is 2.12. The molecule has 0 radical (unpaired) electrons. The van der Waals surface area contributed by atoms with Crippen molar-refractivity contribution in [1.29, 1.82) is 0 Å². The highest BCUT2D eigenvalue weighted by molar-refractivity contribution is 7.14. The van der Waals surface area contributed by atoms with Gasteiger partial charge in [-0.05, 0) is 17.3 Å². The van der Waals surface area contributed by atoms with Crippen LogP contribution in [0, 0.1) is 4.91 Å². The fraction of sp³-hybridized carbons (Fsp3) is 0.273. The maximum Gasteiger partial charge on any atom is 0.150 e. The van der Waals surface area contributed by atoms with E-state index in [-0.39, 0.29) is 0 Å². The van der Waals surface area contributed by atoms with Crippen molar-refractivity contribution < 1.29 is 0 Å². The van der Waals surface area contributed by atoms with Gasteiger partial charge in [0.25, 0.3) is 0 Å². The highest BCUT2D eigenvalue weighted by Crippen LogP contribution is 2.33. The fourth-order valence-corrected chi connectivity index (χ4v) is 2.19. The van der Waals surface area contributed by atoms with E-state index < -0.39 is 0 Å². The van der Waals surface area contributed by atoms with Crippen molar-refractivity contribution in [2.45, 2.75) is 19.8 Å². The number of aromatic nitrogens is 2. The lowest BCUT2D eigenvalue weighted by molar-refractivity contribution is 0.825. The van der Waals surface area contributed by atoms with E-state index in [1.165, 1.54) is 11.3 Å². The van der Waals surface area contributed by atoms with E-state index >= 15 is 0 Å². The molecular formula is C11H11N3OS. The summed E-state index contributed by atoms with van der Waals surface area (Å²) in [5.74, 6) is 0.350. The average Bonchev–Trinajstić information content (AvgIpc) is 2.78. The lowest BCUT2D eigenvalue weighted by Crippen LogP contribution is -1.83. The van der Waals surface area contributed by atoms with Gasteiger partial charge >= 0.3 is 0 Å². The molecule has 0 unspecified atom stereocenters. The molecule has 4 nitrogen and oxygen atoms in total. The first-order chi connectivity index (χ1) is 7.72. The summed E-state index contributed by atoms with van der Waals surface area (Å²) in [5.41, 5.74) is 1.16. The summed E-state index contributed by atoms with van der Waals surface area (Å²) >= 11 is 1.50. The monoisotopic (exact) mass is 233 g/mol. The Morgan fingerprint density at radius 2 is 2.00 bits per heavy atom. The third kappa shape index (κ3) is 1.99. The van der Waals surface area contributed by atoms with Crippen LogP contribution in [-0.4, -0.2) is 10.2 Å². The van der Waals surface area contributed by atoms with E-state index in [0.29, 0.717) is 11.6 Å². The van der Waals surface area contributed by atoms with Crippen molar-refractivity contribution in [1.82, 2.24) is 10.2 Å². The minimum absolute atomic E-state index is 0.350. The summed E-state index contributed by atoms with van der Waals surface area (Å²) in [6.45, 7) is 4.13. The Balaban J connectivity index is 2.46. The molecule has 0 aliphatic carbocycles. The van der Waals surface area contributed by atoms with Crippen molar-refractivity contribution in [3.8, 4) is 10.6 Å². The maximum absolute atomic E-state index is 10.6. The van der Waals surface area contributed by atoms with Gasteiger partial charge in [0.2, 0.25) is 0 Å². The molecule has 82 valence electrons. The van der Waals surface area contributed by atoms with E-state index in [2.05, 4.69) is 29.2 Å². The Bertz CT molecular complexity index is 507. The van der Waals surface area contributed by atoms with Gasteiger partial charge in [-0.15, -0.1) is 15.1 Å². The largest absolute Gasteiger partial charge is 0.150 e. The van der Waals surface area contributed by atoms with E-state index in [1.807, 2.05) is 12.1 Å². The maximum atomic E-state index is 10.6. The predicted molar refractivity (Wildman–Crippen MR) is 64.9 cm³/mol. The molecule has 1 aromatic heterocycles. The number of hydrogen-bond acceptors (Lipinski definition) is 5. The summed E-state index contributed by atoms with van der Waals surface area (Å²) in [6, 6.07) is 7.16. The molecule has 0 fully saturated rings. The number of hydrogen-bond donors (Lipinski definition) is 0. The van der Waals surface area contributed by atoms with Crippen molar-refractivity contribution in [3.63, 3.8) is 0 Å². The summed E-state index contributed by atoms with van der Waals surface area (Å²) in [7, 11) is 0. The van der Waals surface area contributed by atoms with Gasteiger partial charge in [0.1, 0.15) is 15.7 Å². The quantitative estimate of drug-likeness (QED) is 0.759. The first-order valence-electron chi connectivity index (χ1n) is 4.98. The lowest BCUT2D eigenvalue weighted by atomic mass is 10.2. The molecule has 0 saturated heterocycles. The molecular weight excluding hydrogens is 222 g/mol. The molecule has 5 heteroatoms. The van der Waals surface area contributed by atoms with Crippen LogP contribution in [0.1, 0.15) is 24.8 Å². The van der Waals surface area contributed by atoms with E-state index in [1.54, 1.807) is 12.1 Å². The summed E-state index contributed by atoms with van der Waals surface area (Å²) < 4.78 is 0. The predicted octanol–water partition coefficient (Wildman–Crippen LogP) is 3.73. The Kier molecular flexibility index (Phi) is 3.05. The van der Waals surface area contributed by atoms with Gasteiger partial charge in [-0.1, -0.05) is 37.3 Å². The molecule has 0 aliphatic rings. The molecule has 2 aromatic rings. The molecule has 1 aromatic carbocycles. The Labute approximate surface area is 97.3 Å². The van der Waals surface area contributed by atoms with Crippen LogP contribution < -0.4 is 0 Å². The van der Waals surface area contributed by atoms with Crippen LogP contribution in [0.15, 0.2) is 29.4 Å². The Morgan fingerprint density at radius 1 is 1.25 bits per heavy atom. The van der Waals surface area contributed by atoms with Crippen LogP contribution in [-0.2, 0) is 0 Å². The average molecular weight is 233 g/mol. The molecule has 0 atom stereocenters. The van der Waals surface area contributed by atoms with Crippen LogP contribution in [0.4, 0.5) is 5.69 Å². The summed E-state index contributed by atoms with van der Waals surface area (Å²) in [4.78, 5) is 10.6. The molecule has 0 aliphatic heterocycles. The van der Waals surface area contributed by atoms with Crippen molar-refractivity contribution in [2.24, 2.45) is 5.18 Å². The SMILES string of the molecule is CC(C)c1nnc(-c2ccccc2N=O)s1. The first-order valence-corrected chi connectivity index (χ1v) is 5.80. The van der Waals surface area contributed by atoms with Crippen LogP contribution in [0.3, 0.4) is 0 Å². The molecule has 2 rings (SSSR count). The third-order valence-corrected chi connectivity index (χ3v) is 3.42. The molecule has 1 heterocycles. The summed E-state index contributed by atoms with van der Waals surface area (Å²) in [6.07, 6.45) is 0. The minimum Gasteiger partial charge on any atom is -0.145 e. The van der Waals surface area contributed by atoms with Gasteiger partial charge in [-0.2, -0.15) is 0 Å². The zero-order valence-corrected chi connectivity index (χ0v) is 9.86. The zero-order valence-electron chi connectivity index (χ0n) is 9.04. The molecule has 0 spiro atoms. The van der Waals surface area contributed by atoms with Crippen molar-refractivity contribution in [3.05, 3.63) is 34.2 Å². The van der Waals surface area contributed by atoms with E-state index in [9.17, 15) is 4.91 Å². The van der Waals surface area contributed by atoms with Crippen LogP contribution in [0.2, 0.25) is 0 Å². The number of rotatable bonds is 3. The van der Waals surface area contributed by atoms with Gasteiger partial charge in [-0.3, -0.25) is 0 Å². The number of nitrogens with zero attached hydrogens (tertiary/aromatic N) is 3. The lowest BCUT2D eigenvalue weighted by Gasteiger charge is -1.97. The molecule has 0 saturated carbocycles. The molecule has 0 bridgehead atoms. The highest BCUT2D eigenvalue weighted by atomic mass is 32.1. The van der Waals surface area contributed by atoms with Gasteiger partial charge in [0, 0.05) is 11.5 Å². The zero-order chi connectivity index (χ0) is 11.5. The summed E-state index contributed by atoms with van der Waals surface area (Å²) in [5, 5.41) is 12.9. The fourth-order valence-electron chi connectivity index (χ4n) is 1.31. The smallest absolute Gasteiger partial charge is 0.145 e. The first kappa shape index (κ1) is 10.9. The number of nitroso groups, excluding NO2 is 1. The second-order valence-electron chi connectivity index (χ2n) is 3.71. The van der Waals surface area contributed by atoms with Crippen molar-refractivity contribution in [2.75, 3.05) is 0 Å². The van der Waals surface area contributed by atoms with Crippen molar-refractivity contribution >= 4 is 17.0 Å². The van der Waals surface area contributed by atoms with Gasteiger partial charge < -0.3 is 0 Å². The second-order valence-corrected chi connectivity index (χ2v) is 4.72. The van der Waals surface area contributed by atoms with Crippen LogP contribution in [0.25, 0.3) is 10.6 Å². The van der Waals surface area contributed by atoms with Gasteiger partial charge in [0.15, 0.2) is 0 Å². The standard InChI is InChI=1S/C11H11N3OS/c1-7(2)10-12-13-11(16-10)8-5-3-4-6-9(8)14-15/h3-7H,1-2H3. The van der Waals surface area contributed by atoms with Crippen LogP contribution in [0.5, 0.6) is 0 Å². The minimum atomic E-state index is 0.350. The number of benzene rings is 1. The molecule has 0 amide bonds. The third-order valence-electron chi connectivity index (χ3n) is 2.17. The molecule has 0 N–H and O–H groups in total. The Morgan fingerprint density at radius 3 is 2.62 bits per heavy atom. The van der Waals surface area contributed by atoms with E-state index in [0.717, 1.165) is 15.6 Å². The van der Waals surface area contributed by atoms with E-state index in [4.69, 9.17) is 0 Å². The van der Waals surface area contributed by atoms with Crippen LogP contribution >= 0.6 is 11.3 Å². The molecule has 16 heavy (non-hydrogen) atoms. The second kappa shape index (κ2) is 4.49. The topological polar surface area (TPSA) is 55.2 Å². The van der Waals surface area contributed by atoms with Gasteiger partial charge in [-0.25, -0.2) is 0 Å².